The second-order valence-corrected chi connectivity index (χ2v) is 16.2. The van der Waals surface area contributed by atoms with Crippen molar-refractivity contribution < 1.29 is 0 Å². The number of benzene rings is 9. The topological polar surface area (TPSA) is 30.3 Å². The number of hydrogen-bond acceptors (Lipinski definition) is 3. The van der Waals surface area contributed by atoms with Crippen LogP contribution < -0.4 is 9.80 Å². The summed E-state index contributed by atoms with van der Waals surface area (Å²) in [6.45, 7) is 8.46. The van der Waals surface area contributed by atoms with Crippen molar-refractivity contribution in [2.75, 3.05) is 9.80 Å². The van der Waals surface area contributed by atoms with Crippen LogP contribution in [-0.4, -0.2) is 0 Å². The van der Waals surface area contributed by atoms with Crippen LogP contribution in [0.25, 0.3) is 45.8 Å². The van der Waals surface area contributed by atoms with Crippen molar-refractivity contribution in [1.29, 1.82) is 5.26 Å². The molecule has 0 atom stereocenters. The van der Waals surface area contributed by atoms with Gasteiger partial charge in [-0.25, -0.2) is 0 Å². The van der Waals surface area contributed by atoms with Gasteiger partial charge in [-0.05, 0) is 152 Å². The summed E-state index contributed by atoms with van der Waals surface area (Å²) in [6, 6.07) is 69.4. The third kappa shape index (κ3) is 8.54. The van der Waals surface area contributed by atoms with Gasteiger partial charge in [-0.15, -0.1) is 0 Å². The predicted octanol–water partition coefficient (Wildman–Crippen LogP) is 16.4. The molecular formula is C59H47N3. The number of nitrogens with zero attached hydrogens (tertiary/aromatic N) is 3. The summed E-state index contributed by atoms with van der Waals surface area (Å²) < 4.78 is 0. The molecule has 9 rings (SSSR count). The van der Waals surface area contributed by atoms with E-state index in [4.69, 9.17) is 0 Å². The lowest BCUT2D eigenvalue weighted by Crippen LogP contribution is -2.09. The number of anilines is 6. The SMILES string of the molecule is Cc1ccc(N(c2ccc(C)cc2)c2ccc(C=Cc3ccc4c(C#N)c5cc(C=Cc6ccc(N(c7ccc(C)cc7)c7ccc(C)cc7)cc6)ccc5cc4c3)cc2)cc1. The molecule has 0 unspecified atom stereocenters. The highest BCUT2D eigenvalue weighted by Crippen LogP contribution is 2.37. The Kier molecular flexibility index (Phi) is 11.1. The van der Waals surface area contributed by atoms with Crippen LogP contribution in [0.2, 0.25) is 0 Å². The Hall–Kier alpha value is -7.93. The molecule has 9 aromatic rings. The molecule has 0 aliphatic carbocycles. The molecule has 0 aliphatic heterocycles. The molecule has 9 aromatic carbocycles. The molecule has 3 nitrogen and oxygen atoms in total. The van der Waals surface area contributed by atoms with E-state index < -0.39 is 0 Å². The standard InChI is InChI=1S/C59H47N3/c1-41-5-24-51(25-6-41)61(52-26-7-42(2)8-27-52)55-32-18-45(19-33-55)13-15-47-22-36-57-50(37-47)39-49-23-17-48(38-58(49)59(57)40-60)16-14-46-20-34-56(35-21-46)62(53-28-9-43(3)10-29-53)54-30-11-44(4)12-31-54/h5-39H,1-4H3. The Labute approximate surface area is 365 Å². The Morgan fingerprint density at radius 3 is 1.03 bits per heavy atom. The minimum atomic E-state index is 0.697. The monoisotopic (exact) mass is 797 g/mol. The number of rotatable bonds is 10. The fraction of sp³-hybridized carbons (Fsp3) is 0.0678. The third-order valence-electron chi connectivity index (χ3n) is 11.5. The molecule has 0 spiro atoms. The molecule has 298 valence electrons. The number of hydrogen-bond donors (Lipinski definition) is 0. The Bertz CT molecular complexity index is 3020. The maximum atomic E-state index is 10.5. The molecule has 0 radical (unpaired) electrons. The molecule has 0 amide bonds. The largest absolute Gasteiger partial charge is 0.311 e. The zero-order valence-corrected chi connectivity index (χ0v) is 35.5. The van der Waals surface area contributed by atoms with Gasteiger partial charge in [0.15, 0.2) is 0 Å². The minimum absolute atomic E-state index is 0.697. The van der Waals surface area contributed by atoms with E-state index in [2.05, 4.69) is 256 Å². The van der Waals surface area contributed by atoms with E-state index in [9.17, 15) is 5.26 Å². The zero-order valence-electron chi connectivity index (χ0n) is 35.5. The highest BCUT2D eigenvalue weighted by atomic mass is 15.1. The summed E-state index contributed by atoms with van der Waals surface area (Å²) in [4.78, 5) is 4.58. The first-order chi connectivity index (χ1) is 30.3. The average Bonchev–Trinajstić information content (AvgIpc) is 3.30. The lowest BCUT2D eigenvalue weighted by molar-refractivity contribution is 1.27. The van der Waals surface area contributed by atoms with E-state index in [1.165, 1.54) is 22.3 Å². The van der Waals surface area contributed by atoms with E-state index in [1.54, 1.807) is 0 Å². The summed E-state index contributed by atoms with van der Waals surface area (Å²) in [6.07, 6.45) is 8.55. The van der Waals surface area contributed by atoms with Crippen molar-refractivity contribution in [3.8, 4) is 6.07 Å². The van der Waals surface area contributed by atoms with Gasteiger partial charge in [-0.3, -0.25) is 0 Å². The normalized spacial score (nSPS) is 11.4. The molecular weight excluding hydrogens is 751 g/mol. The summed E-state index contributed by atoms with van der Waals surface area (Å²) in [5.41, 5.74) is 16.7. The number of nitriles is 1. The van der Waals surface area contributed by atoms with Gasteiger partial charge >= 0.3 is 0 Å². The van der Waals surface area contributed by atoms with Gasteiger partial charge in [-0.1, -0.05) is 144 Å². The van der Waals surface area contributed by atoms with Gasteiger partial charge in [-0.2, -0.15) is 5.26 Å². The van der Waals surface area contributed by atoms with Crippen LogP contribution in [0.5, 0.6) is 0 Å². The van der Waals surface area contributed by atoms with Crippen molar-refractivity contribution in [3.63, 3.8) is 0 Å². The molecule has 0 saturated carbocycles. The van der Waals surface area contributed by atoms with E-state index in [-0.39, 0.29) is 0 Å². The fourth-order valence-corrected chi connectivity index (χ4v) is 8.01. The quantitative estimate of drug-likeness (QED) is 0.102. The van der Waals surface area contributed by atoms with Gasteiger partial charge in [0.05, 0.1) is 5.56 Å². The predicted molar refractivity (Wildman–Crippen MR) is 265 cm³/mol. The van der Waals surface area contributed by atoms with Gasteiger partial charge in [0.2, 0.25) is 0 Å². The summed E-state index contributed by atoms with van der Waals surface area (Å²) in [5, 5.41) is 14.5. The molecule has 0 aromatic heterocycles. The number of fused-ring (bicyclic) bond motifs is 2. The molecule has 3 heteroatoms. The van der Waals surface area contributed by atoms with Crippen molar-refractivity contribution in [2.45, 2.75) is 27.7 Å². The average molecular weight is 798 g/mol. The Morgan fingerprint density at radius 1 is 0.323 bits per heavy atom. The van der Waals surface area contributed by atoms with Crippen LogP contribution in [0.1, 0.15) is 50.1 Å². The highest BCUT2D eigenvalue weighted by molar-refractivity contribution is 6.05. The third-order valence-corrected chi connectivity index (χ3v) is 11.5. The number of aryl methyl sites for hydroxylation is 4. The zero-order chi connectivity index (χ0) is 42.6. The van der Waals surface area contributed by atoms with Gasteiger partial charge < -0.3 is 9.80 Å². The Morgan fingerprint density at radius 2 is 0.645 bits per heavy atom. The molecule has 0 saturated heterocycles. The first-order valence-electron chi connectivity index (χ1n) is 21.1. The van der Waals surface area contributed by atoms with Crippen LogP contribution in [0.15, 0.2) is 188 Å². The van der Waals surface area contributed by atoms with E-state index >= 15 is 0 Å². The molecule has 0 aliphatic rings. The van der Waals surface area contributed by atoms with Crippen LogP contribution in [0.3, 0.4) is 0 Å². The lowest BCUT2D eigenvalue weighted by atomic mass is 9.94. The van der Waals surface area contributed by atoms with Crippen molar-refractivity contribution in [3.05, 3.63) is 238 Å². The fourth-order valence-electron chi connectivity index (χ4n) is 8.01. The molecule has 62 heavy (non-hydrogen) atoms. The first kappa shape index (κ1) is 39.5. The molecule has 0 N–H and O–H groups in total. The second-order valence-electron chi connectivity index (χ2n) is 16.2. The molecule has 0 heterocycles. The van der Waals surface area contributed by atoms with Gasteiger partial charge in [0, 0.05) is 44.9 Å². The Balaban J connectivity index is 0.936. The molecule has 0 bridgehead atoms. The minimum Gasteiger partial charge on any atom is -0.311 e. The van der Waals surface area contributed by atoms with Gasteiger partial charge in [0.1, 0.15) is 6.07 Å². The second kappa shape index (κ2) is 17.3. The smallest absolute Gasteiger partial charge is 0.100 e. The van der Waals surface area contributed by atoms with Crippen LogP contribution in [0.4, 0.5) is 34.1 Å². The van der Waals surface area contributed by atoms with Gasteiger partial charge in [0.25, 0.3) is 0 Å². The summed E-state index contributed by atoms with van der Waals surface area (Å²) in [5.74, 6) is 0. The maximum Gasteiger partial charge on any atom is 0.100 e. The van der Waals surface area contributed by atoms with Crippen molar-refractivity contribution in [2.24, 2.45) is 0 Å². The van der Waals surface area contributed by atoms with E-state index in [0.29, 0.717) is 5.56 Å². The molecule has 0 fully saturated rings. The van der Waals surface area contributed by atoms with Crippen LogP contribution in [0, 0.1) is 39.0 Å². The van der Waals surface area contributed by atoms with Crippen molar-refractivity contribution >= 4 is 80.0 Å². The van der Waals surface area contributed by atoms with E-state index in [0.717, 1.165) is 77.9 Å². The first-order valence-corrected chi connectivity index (χ1v) is 21.1. The van der Waals surface area contributed by atoms with Crippen LogP contribution in [-0.2, 0) is 0 Å². The van der Waals surface area contributed by atoms with Crippen molar-refractivity contribution in [1.82, 2.24) is 0 Å². The summed E-state index contributed by atoms with van der Waals surface area (Å²) >= 11 is 0. The summed E-state index contributed by atoms with van der Waals surface area (Å²) in [7, 11) is 0. The van der Waals surface area contributed by atoms with E-state index in [1.807, 2.05) is 0 Å². The highest BCUT2D eigenvalue weighted by Gasteiger charge is 2.14. The van der Waals surface area contributed by atoms with Crippen LogP contribution >= 0.6 is 0 Å². The lowest BCUT2D eigenvalue weighted by Gasteiger charge is -2.25. The maximum absolute atomic E-state index is 10.5.